The predicted octanol–water partition coefficient (Wildman–Crippen LogP) is 1.40. The maximum absolute atomic E-state index is 12.4. The number of rotatable bonds is 3. The molecule has 1 aliphatic heterocycles. The topological polar surface area (TPSA) is 45.6 Å². The van der Waals surface area contributed by atoms with Gasteiger partial charge in [0.05, 0.1) is 0 Å². The minimum atomic E-state index is -0.151. The second-order valence-corrected chi connectivity index (χ2v) is 6.34. The van der Waals surface area contributed by atoms with Gasteiger partial charge in [0.1, 0.15) is 0 Å². The van der Waals surface area contributed by atoms with Gasteiger partial charge in [0, 0.05) is 57.6 Å². The van der Waals surface area contributed by atoms with Crippen LogP contribution in [0.1, 0.15) is 15.9 Å². The molecule has 0 aromatic carbocycles. The summed E-state index contributed by atoms with van der Waals surface area (Å²) in [5, 5.41) is 4.25. The SMILES string of the molecule is Cn1ccc(C(=O)N2CCN(Cc3ccsc3)CC2)cc1=O. The number of nitrogens with zero attached hydrogens (tertiary/aromatic N) is 3. The fraction of sp³-hybridized carbons (Fsp3) is 0.375. The molecule has 0 atom stereocenters. The number of pyridine rings is 1. The fourth-order valence-electron chi connectivity index (χ4n) is 2.61. The Balaban J connectivity index is 1.59. The average Bonchev–Trinajstić information content (AvgIpc) is 3.03. The molecule has 3 heterocycles. The average molecular weight is 317 g/mol. The molecule has 22 heavy (non-hydrogen) atoms. The molecule has 1 fully saturated rings. The van der Waals surface area contributed by atoms with Crippen LogP contribution in [0, 0.1) is 0 Å². The molecule has 3 rings (SSSR count). The molecule has 2 aromatic rings. The largest absolute Gasteiger partial charge is 0.336 e. The predicted molar refractivity (Wildman–Crippen MR) is 87.2 cm³/mol. The number of hydrogen-bond acceptors (Lipinski definition) is 4. The van der Waals surface area contributed by atoms with Crippen LogP contribution in [0.5, 0.6) is 0 Å². The second-order valence-electron chi connectivity index (χ2n) is 5.56. The highest BCUT2D eigenvalue weighted by Gasteiger charge is 2.22. The van der Waals surface area contributed by atoms with E-state index in [4.69, 9.17) is 0 Å². The molecule has 1 amide bonds. The summed E-state index contributed by atoms with van der Waals surface area (Å²) in [6.07, 6.45) is 1.64. The van der Waals surface area contributed by atoms with Gasteiger partial charge in [-0.1, -0.05) is 0 Å². The third-order valence-electron chi connectivity index (χ3n) is 4.00. The van der Waals surface area contributed by atoms with E-state index in [-0.39, 0.29) is 11.5 Å². The first-order valence-corrected chi connectivity index (χ1v) is 8.27. The van der Waals surface area contributed by atoms with Crippen LogP contribution < -0.4 is 5.56 Å². The van der Waals surface area contributed by atoms with Crippen molar-refractivity contribution in [1.29, 1.82) is 0 Å². The molecular formula is C16H19N3O2S. The Morgan fingerprint density at radius 2 is 2.00 bits per heavy atom. The van der Waals surface area contributed by atoms with Crippen LogP contribution in [0.3, 0.4) is 0 Å². The van der Waals surface area contributed by atoms with Crippen LogP contribution in [0.15, 0.2) is 40.0 Å². The van der Waals surface area contributed by atoms with Crippen molar-refractivity contribution in [3.05, 3.63) is 56.6 Å². The zero-order valence-corrected chi connectivity index (χ0v) is 13.4. The summed E-state index contributed by atoms with van der Waals surface area (Å²) in [6, 6.07) is 5.27. The smallest absolute Gasteiger partial charge is 0.254 e. The number of piperazine rings is 1. The minimum Gasteiger partial charge on any atom is -0.336 e. The number of aromatic nitrogens is 1. The Morgan fingerprint density at radius 1 is 1.23 bits per heavy atom. The number of amides is 1. The number of carbonyl (C=O) groups is 1. The van der Waals surface area contributed by atoms with Gasteiger partial charge in [-0.05, 0) is 28.5 Å². The van der Waals surface area contributed by atoms with Gasteiger partial charge in [-0.15, -0.1) is 0 Å². The first-order chi connectivity index (χ1) is 10.6. The van der Waals surface area contributed by atoms with E-state index in [9.17, 15) is 9.59 Å². The van der Waals surface area contributed by atoms with Crippen molar-refractivity contribution in [2.75, 3.05) is 26.2 Å². The van der Waals surface area contributed by atoms with Crippen molar-refractivity contribution in [2.45, 2.75) is 6.54 Å². The molecule has 0 unspecified atom stereocenters. The Bertz CT molecular complexity index is 700. The van der Waals surface area contributed by atoms with Gasteiger partial charge < -0.3 is 9.47 Å². The monoisotopic (exact) mass is 317 g/mol. The molecule has 5 nitrogen and oxygen atoms in total. The van der Waals surface area contributed by atoms with Gasteiger partial charge >= 0.3 is 0 Å². The number of carbonyl (C=O) groups excluding carboxylic acids is 1. The third-order valence-corrected chi connectivity index (χ3v) is 4.73. The lowest BCUT2D eigenvalue weighted by Gasteiger charge is -2.34. The Morgan fingerprint density at radius 3 is 2.64 bits per heavy atom. The van der Waals surface area contributed by atoms with Crippen LogP contribution in [0.4, 0.5) is 0 Å². The van der Waals surface area contributed by atoms with Crippen LogP contribution >= 0.6 is 11.3 Å². The normalized spacial score (nSPS) is 16.0. The maximum atomic E-state index is 12.4. The lowest BCUT2D eigenvalue weighted by atomic mass is 10.2. The molecule has 0 aliphatic carbocycles. The molecule has 0 spiro atoms. The highest BCUT2D eigenvalue weighted by atomic mass is 32.1. The minimum absolute atomic E-state index is 0.0483. The molecule has 0 bridgehead atoms. The summed E-state index contributed by atoms with van der Waals surface area (Å²) < 4.78 is 1.47. The summed E-state index contributed by atoms with van der Waals surface area (Å²) in [7, 11) is 1.68. The van der Waals surface area contributed by atoms with Gasteiger partial charge in [0.25, 0.3) is 11.5 Å². The zero-order valence-electron chi connectivity index (χ0n) is 12.6. The molecular weight excluding hydrogens is 298 g/mol. The zero-order chi connectivity index (χ0) is 15.5. The van der Waals surface area contributed by atoms with E-state index >= 15 is 0 Å². The van der Waals surface area contributed by atoms with E-state index in [0.29, 0.717) is 18.7 Å². The Hall–Kier alpha value is -1.92. The number of aryl methyl sites for hydroxylation is 1. The summed E-state index contributed by atoms with van der Waals surface area (Å²) in [6.45, 7) is 4.09. The van der Waals surface area contributed by atoms with Crippen LogP contribution in [-0.2, 0) is 13.6 Å². The maximum Gasteiger partial charge on any atom is 0.254 e. The molecule has 1 saturated heterocycles. The first-order valence-electron chi connectivity index (χ1n) is 7.33. The third kappa shape index (κ3) is 3.28. The van der Waals surface area contributed by atoms with Crippen molar-refractivity contribution >= 4 is 17.2 Å². The molecule has 116 valence electrons. The van der Waals surface area contributed by atoms with Crippen molar-refractivity contribution < 1.29 is 4.79 Å². The highest BCUT2D eigenvalue weighted by Crippen LogP contribution is 2.13. The lowest BCUT2D eigenvalue weighted by molar-refractivity contribution is 0.0628. The van der Waals surface area contributed by atoms with Gasteiger partial charge in [-0.2, -0.15) is 11.3 Å². The van der Waals surface area contributed by atoms with Crippen molar-refractivity contribution in [3.63, 3.8) is 0 Å². The summed E-state index contributed by atoms with van der Waals surface area (Å²) in [5.74, 6) is -0.0483. The summed E-state index contributed by atoms with van der Waals surface area (Å²) >= 11 is 1.71. The number of thiophene rings is 1. The van der Waals surface area contributed by atoms with Crippen molar-refractivity contribution in [3.8, 4) is 0 Å². The van der Waals surface area contributed by atoms with Gasteiger partial charge in [0.2, 0.25) is 0 Å². The van der Waals surface area contributed by atoms with Gasteiger partial charge in [-0.25, -0.2) is 0 Å². The van der Waals surface area contributed by atoms with Crippen molar-refractivity contribution in [2.24, 2.45) is 7.05 Å². The molecule has 2 aromatic heterocycles. The Labute approximate surface area is 133 Å². The Kier molecular flexibility index (Phi) is 4.40. The van der Waals surface area contributed by atoms with E-state index in [0.717, 1.165) is 19.6 Å². The van der Waals surface area contributed by atoms with E-state index in [2.05, 4.69) is 21.7 Å². The molecule has 0 N–H and O–H groups in total. The fourth-order valence-corrected chi connectivity index (χ4v) is 3.27. The quantitative estimate of drug-likeness (QED) is 0.860. The van der Waals surface area contributed by atoms with E-state index in [1.54, 1.807) is 30.6 Å². The number of hydrogen-bond donors (Lipinski definition) is 0. The summed E-state index contributed by atoms with van der Waals surface area (Å²) in [4.78, 5) is 28.3. The van der Waals surface area contributed by atoms with Gasteiger partial charge in [-0.3, -0.25) is 14.5 Å². The molecule has 0 saturated carbocycles. The molecule has 0 radical (unpaired) electrons. The van der Waals surface area contributed by atoms with E-state index in [1.807, 2.05) is 4.90 Å². The van der Waals surface area contributed by atoms with Crippen molar-refractivity contribution in [1.82, 2.24) is 14.4 Å². The first kappa shape index (κ1) is 15.0. The second kappa shape index (κ2) is 6.46. The van der Waals surface area contributed by atoms with Crippen LogP contribution in [0.2, 0.25) is 0 Å². The molecule has 1 aliphatic rings. The highest BCUT2D eigenvalue weighted by molar-refractivity contribution is 7.07. The van der Waals surface area contributed by atoms with Crippen LogP contribution in [-0.4, -0.2) is 46.5 Å². The summed E-state index contributed by atoms with van der Waals surface area (Å²) in [5.41, 5.74) is 1.66. The van der Waals surface area contributed by atoms with Gasteiger partial charge in [0.15, 0.2) is 0 Å². The van der Waals surface area contributed by atoms with E-state index in [1.165, 1.54) is 16.2 Å². The lowest BCUT2D eigenvalue weighted by Crippen LogP contribution is -2.48. The molecule has 6 heteroatoms. The standard InChI is InChI=1S/C16H19N3O2S/c1-17-4-2-14(10-15(17)20)16(21)19-7-5-18(6-8-19)11-13-3-9-22-12-13/h2-4,9-10,12H,5-8,11H2,1H3. The van der Waals surface area contributed by atoms with E-state index < -0.39 is 0 Å². The van der Waals surface area contributed by atoms with Crippen LogP contribution in [0.25, 0.3) is 0 Å².